The molecule has 2 aromatic rings. The van der Waals surface area contributed by atoms with E-state index in [2.05, 4.69) is 0 Å². The van der Waals surface area contributed by atoms with Crippen molar-refractivity contribution in [3.8, 4) is 0 Å². The van der Waals surface area contributed by atoms with Gasteiger partial charge in [-0.2, -0.15) is 0 Å². The van der Waals surface area contributed by atoms with Gasteiger partial charge in [-0.25, -0.2) is 10.0 Å². The number of benzene rings is 2. The van der Waals surface area contributed by atoms with Crippen molar-refractivity contribution < 1.29 is 19.5 Å². The minimum Gasteiger partial charge on any atom is -0.480 e. The van der Waals surface area contributed by atoms with Gasteiger partial charge in [-0.3, -0.25) is 14.4 Å². The molecule has 4 rings (SSSR count). The topological polar surface area (TPSA) is 81.2 Å². The number of fused-ring (bicyclic) bond motifs is 2. The number of hydrazine groups is 2. The molecule has 132 valence electrons. The molecule has 0 bridgehead atoms. The summed E-state index contributed by atoms with van der Waals surface area (Å²) in [5, 5.41) is 13.5. The predicted molar refractivity (Wildman–Crippen MR) is 94.2 cm³/mol. The van der Waals surface area contributed by atoms with Gasteiger partial charge in [0.2, 0.25) is 11.8 Å². The molecule has 7 heteroatoms. The summed E-state index contributed by atoms with van der Waals surface area (Å²) >= 11 is 0. The first kappa shape index (κ1) is 16.3. The number of aliphatic carboxylic acids is 1. The number of amides is 2. The molecule has 2 heterocycles. The zero-order valence-electron chi connectivity index (χ0n) is 14.1. The first-order chi connectivity index (χ1) is 12.5. The molecule has 0 aromatic heterocycles. The molecule has 0 aliphatic carbocycles. The third kappa shape index (κ3) is 2.36. The lowest BCUT2D eigenvalue weighted by atomic mass is 10.2. The van der Waals surface area contributed by atoms with Crippen molar-refractivity contribution in [2.75, 3.05) is 10.0 Å². The van der Waals surface area contributed by atoms with E-state index in [-0.39, 0.29) is 24.7 Å². The first-order valence-electron chi connectivity index (χ1n) is 8.32. The Labute approximate surface area is 150 Å². The fourth-order valence-electron chi connectivity index (χ4n) is 3.46. The first-order valence-corrected chi connectivity index (χ1v) is 8.32. The molecular weight excluding hydrogens is 334 g/mol. The Hall–Kier alpha value is -3.19. The minimum absolute atomic E-state index is 0.169. The number of hydrogen-bond acceptors (Lipinski definition) is 4. The van der Waals surface area contributed by atoms with Crippen molar-refractivity contribution in [3.05, 3.63) is 59.7 Å². The van der Waals surface area contributed by atoms with Crippen molar-refractivity contribution in [1.29, 1.82) is 0 Å². The highest BCUT2D eigenvalue weighted by Crippen LogP contribution is 2.36. The van der Waals surface area contributed by atoms with Gasteiger partial charge < -0.3 is 5.11 Å². The molecule has 0 saturated carbocycles. The van der Waals surface area contributed by atoms with Crippen LogP contribution in [0.3, 0.4) is 0 Å². The SMILES string of the molecule is C[C@@H](C(=O)O)N(N1C(=O)Cc2ccccc21)N1C(=O)Cc2ccccc21. The second kappa shape index (κ2) is 5.96. The van der Waals surface area contributed by atoms with Gasteiger partial charge in [0, 0.05) is 0 Å². The van der Waals surface area contributed by atoms with E-state index in [4.69, 9.17) is 0 Å². The molecule has 1 atom stereocenters. The van der Waals surface area contributed by atoms with Crippen LogP contribution >= 0.6 is 0 Å². The number of carbonyl (C=O) groups is 3. The van der Waals surface area contributed by atoms with Crippen LogP contribution in [0.25, 0.3) is 0 Å². The van der Waals surface area contributed by atoms with E-state index in [0.717, 1.165) is 11.1 Å². The summed E-state index contributed by atoms with van der Waals surface area (Å²) in [7, 11) is 0. The summed E-state index contributed by atoms with van der Waals surface area (Å²) < 4.78 is 0. The monoisotopic (exact) mass is 351 g/mol. The van der Waals surface area contributed by atoms with E-state index in [1.54, 1.807) is 24.3 Å². The molecule has 0 unspecified atom stereocenters. The summed E-state index contributed by atoms with van der Waals surface area (Å²) in [4.78, 5) is 37.2. The van der Waals surface area contributed by atoms with Crippen LogP contribution in [0.1, 0.15) is 18.1 Å². The molecule has 1 N–H and O–H groups in total. The average molecular weight is 351 g/mol. The Morgan fingerprint density at radius 2 is 1.35 bits per heavy atom. The fraction of sp³-hybridized carbons (Fsp3) is 0.211. The zero-order chi connectivity index (χ0) is 18.4. The van der Waals surface area contributed by atoms with Gasteiger partial charge in [0.25, 0.3) is 0 Å². The molecule has 0 radical (unpaired) electrons. The average Bonchev–Trinajstić information content (AvgIpc) is 3.12. The number of hydrogen-bond donors (Lipinski definition) is 1. The molecule has 2 aliphatic rings. The number of para-hydroxylation sites is 2. The zero-order valence-corrected chi connectivity index (χ0v) is 14.1. The molecule has 0 saturated heterocycles. The van der Waals surface area contributed by atoms with Gasteiger partial charge in [-0.1, -0.05) is 36.4 Å². The molecule has 2 aliphatic heterocycles. The van der Waals surface area contributed by atoms with Crippen LogP contribution in [0, 0.1) is 0 Å². The van der Waals surface area contributed by atoms with E-state index in [1.807, 2.05) is 24.3 Å². The van der Waals surface area contributed by atoms with Crippen molar-refractivity contribution in [1.82, 2.24) is 5.12 Å². The second-order valence-electron chi connectivity index (χ2n) is 6.36. The van der Waals surface area contributed by atoms with Crippen molar-refractivity contribution in [2.24, 2.45) is 0 Å². The summed E-state index contributed by atoms with van der Waals surface area (Å²) in [5.74, 6) is -1.66. The Kier molecular flexibility index (Phi) is 3.73. The maximum atomic E-state index is 12.7. The Bertz CT molecular complexity index is 861. The molecule has 0 fully saturated rings. The lowest BCUT2D eigenvalue weighted by molar-refractivity contribution is -0.144. The van der Waals surface area contributed by atoms with Crippen LogP contribution in [-0.4, -0.2) is 34.0 Å². The van der Waals surface area contributed by atoms with E-state index in [1.165, 1.54) is 22.1 Å². The molecular formula is C19H17N3O4. The predicted octanol–water partition coefficient (Wildman–Crippen LogP) is 1.77. The lowest BCUT2D eigenvalue weighted by Crippen LogP contribution is -2.61. The van der Waals surface area contributed by atoms with Crippen molar-refractivity contribution >= 4 is 29.2 Å². The second-order valence-corrected chi connectivity index (χ2v) is 6.36. The molecule has 2 aromatic carbocycles. The van der Waals surface area contributed by atoms with Crippen LogP contribution < -0.4 is 10.0 Å². The Balaban J connectivity index is 1.86. The quantitative estimate of drug-likeness (QED) is 0.908. The number of carboxylic acid groups (broad SMARTS) is 1. The third-order valence-corrected chi connectivity index (χ3v) is 4.71. The summed E-state index contributed by atoms with van der Waals surface area (Å²) in [6.07, 6.45) is 0.339. The van der Waals surface area contributed by atoms with Gasteiger partial charge >= 0.3 is 5.97 Å². The highest BCUT2D eigenvalue weighted by atomic mass is 16.4. The fourth-order valence-corrected chi connectivity index (χ4v) is 3.46. The highest BCUT2D eigenvalue weighted by Gasteiger charge is 2.44. The number of carboxylic acids is 1. The van der Waals surface area contributed by atoms with Gasteiger partial charge in [-0.05, 0) is 30.2 Å². The van der Waals surface area contributed by atoms with E-state index >= 15 is 0 Å². The molecule has 7 nitrogen and oxygen atoms in total. The minimum atomic E-state index is -1.13. The van der Waals surface area contributed by atoms with E-state index < -0.39 is 12.0 Å². The third-order valence-electron chi connectivity index (χ3n) is 4.71. The van der Waals surface area contributed by atoms with Crippen LogP contribution in [0.5, 0.6) is 0 Å². The van der Waals surface area contributed by atoms with Crippen molar-refractivity contribution in [2.45, 2.75) is 25.8 Å². The van der Waals surface area contributed by atoms with Crippen molar-refractivity contribution in [3.63, 3.8) is 0 Å². The van der Waals surface area contributed by atoms with Gasteiger partial charge in [0.15, 0.2) is 0 Å². The summed E-state index contributed by atoms with van der Waals surface area (Å²) in [5.41, 5.74) is 2.81. The van der Waals surface area contributed by atoms with Gasteiger partial charge in [-0.15, -0.1) is 5.12 Å². The number of nitrogens with zero attached hydrogens (tertiary/aromatic N) is 3. The van der Waals surface area contributed by atoms with E-state index in [0.29, 0.717) is 11.4 Å². The van der Waals surface area contributed by atoms with E-state index in [9.17, 15) is 19.5 Å². The van der Waals surface area contributed by atoms with Gasteiger partial charge in [0.1, 0.15) is 6.04 Å². The standard InChI is InChI=1S/C19H17N3O4/c1-12(19(25)26)22(20-15-8-4-2-6-13(15)10-17(20)23)21-16-9-5-3-7-14(16)11-18(21)24/h2-9,12H,10-11H2,1H3,(H,25,26)/t12-/m0/s1. The molecule has 2 amide bonds. The lowest BCUT2D eigenvalue weighted by Gasteiger charge is -2.40. The largest absolute Gasteiger partial charge is 0.480 e. The van der Waals surface area contributed by atoms with Crippen LogP contribution in [0.15, 0.2) is 48.5 Å². The summed E-state index contributed by atoms with van der Waals surface area (Å²) in [6, 6.07) is 13.3. The maximum Gasteiger partial charge on any atom is 0.324 e. The smallest absolute Gasteiger partial charge is 0.324 e. The molecule has 26 heavy (non-hydrogen) atoms. The normalized spacial score (nSPS) is 16.8. The number of anilines is 2. The van der Waals surface area contributed by atoms with Crippen LogP contribution in [0.4, 0.5) is 11.4 Å². The number of rotatable bonds is 4. The molecule has 0 spiro atoms. The Morgan fingerprint density at radius 1 is 0.923 bits per heavy atom. The number of carbonyl (C=O) groups excluding carboxylic acids is 2. The summed E-state index contributed by atoms with van der Waals surface area (Å²) in [6.45, 7) is 1.46. The van der Waals surface area contributed by atoms with Gasteiger partial charge in [0.05, 0.1) is 24.2 Å². The highest BCUT2D eigenvalue weighted by molar-refractivity contribution is 6.05. The van der Waals surface area contributed by atoms with Crippen LogP contribution in [-0.2, 0) is 27.2 Å². The maximum absolute atomic E-state index is 12.7. The van der Waals surface area contributed by atoms with Crippen LogP contribution in [0.2, 0.25) is 0 Å². The Morgan fingerprint density at radius 3 is 1.77 bits per heavy atom.